The fourth-order valence-corrected chi connectivity index (χ4v) is 3.48. The summed E-state index contributed by atoms with van der Waals surface area (Å²) in [5, 5.41) is 11.9. The van der Waals surface area contributed by atoms with Crippen LogP contribution in [-0.2, 0) is 4.74 Å². The van der Waals surface area contributed by atoms with Crippen LogP contribution in [0.25, 0.3) is 0 Å². The van der Waals surface area contributed by atoms with Crippen LogP contribution in [-0.4, -0.2) is 30.0 Å². The van der Waals surface area contributed by atoms with Gasteiger partial charge in [-0.1, -0.05) is 0 Å². The van der Waals surface area contributed by atoms with E-state index in [1.54, 1.807) is 0 Å². The van der Waals surface area contributed by atoms with Crippen molar-refractivity contribution in [3.63, 3.8) is 0 Å². The lowest BCUT2D eigenvalue weighted by Gasteiger charge is -2.57. The maximum absolute atomic E-state index is 11.5. The van der Waals surface area contributed by atoms with Gasteiger partial charge in [0.15, 0.2) is 0 Å². The average Bonchev–Trinajstić information content (AvgIpc) is 2.10. The van der Waals surface area contributed by atoms with Gasteiger partial charge in [0.1, 0.15) is 5.60 Å². The van der Waals surface area contributed by atoms with Crippen LogP contribution in [0.4, 0.5) is 4.79 Å². The number of carbonyl (C=O) groups is 1. The number of hydrogen-bond acceptors (Lipinski definition) is 3. The van der Waals surface area contributed by atoms with E-state index in [-0.39, 0.29) is 6.09 Å². The first-order valence-corrected chi connectivity index (χ1v) is 6.90. The van der Waals surface area contributed by atoms with Gasteiger partial charge in [-0.3, -0.25) is 0 Å². The highest BCUT2D eigenvalue weighted by atomic mass is 16.6. The first kappa shape index (κ1) is 13.7. The SMILES string of the molecule is CC(C)(C)OC(=O)NCC1CC2(CC(CO)C2)C1. The molecule has 0 aromatic rings. The molecule has 0 atom stereocenters. The van der Waals surface area contributed by atoms with Crippen molar-refractivity contribution in [2.45, 2.75) is 52.1 Å². The molecule has 0 heterocycles. The highest BCUT2D eigenvalue weighted by Crippen LogP contribution is 2.60. The molecule has 104 valence electrons. The van der Waals surface area contributed by atoms with Crippen LogP contribution in [0.5, 0.6) is 0 Å². The number of aliphatic hydroxyl groups excluding tert-OH is 1. The summed E-state index contributed by atoms with van der Waals surface area (Å²) in [4.78, 5) is 11.5. The number of carbonyl (C=O) groups excluding carboxylic acids is 1. The van der Waals surface area contributed by atoms with Gasteiger partial charge in [-0.05, 0) is 63.7 Å². The summed E-state index contributed by atoms with van der Waals surface area (Å²) < 4.78 is 5.20. The van der Waals surface area contributed by atoms with E-state index in [0.717, 1.165) is 6.54 Å². The molecular weight excluding hydrogens is 230 g/mol. The van der Waals surface area contributed by atoms with Crippen molar-refractivity contribution in [1.29, 1.82) is 0 Å². The Labute approximate surface area is 109 Å². The van der Waals surface area contributed by atoms with Gasteiger partial charge in [-0.15, -0.1) is 0 Å². The standard InChI is InChI=1S/C14H25NO3/c1-13(2,3)18-12(17)15-8-10-4-14(5-10)6-11(7-14)9-16/h10-11,16H,4-9H2,1-3H3,(H,15,17). The van der Waals surface area contributed by atoms with E-state index in [1.807, 2.05) is 20.8 Å². The molecule has 0 aliphatic heterocycles. The van der Waals surface area contributed by atoms with Crippen molar-refractivity contribution >= 4 is 6.09 Å². The lowest BCUT2D eigenvalue weighted by atomic mass is 9.48. The lowest BCUT2D eigenvalue weighted by molar-refractivity contribution is -0.0821. The van der Waals surface area contributed by atoms with Crippen LogP contribution in [0.2, 0.25) is 0 Å². The van der Waals surface area contributed by atoms with E-state index in [2.05, 4.69) is 5.32 Å². The zero-order valence-corrected chi connectivity index (χ0v) is 11.7. The molecule has 2 rings (SSSR count). The zero-order chi connectivity index (χ0) is 13.4. The third kappa shape index (κ3) is 3.16. The molecule has 2 N–H and O–H groups in total. The Kier molecular flexibility index (Phi) is 3.58. The zero-order valence-electron chi connectivity index (χ0n) is 11.7. The van der Waals surface area contributed by atoms with Gasteiger partial charge in [-0.2, -0.15) is 0 Å². The Morgan fingerprint density at radius 1 is 1.28 bits per heavy atom. The molecule has 1 spiro atoms. The van der Waals surface area contributed by atoms with Crippen LogP contribution in [0.1, 0.15) is 46.5 Å². The van der Waals surface area contributed by atoms with Gasteiger partial charge in [0.25, 0.3) is 0 Å². The number of aliphatic hydroxyl groups is 1. The van der Waals surface area contributed by atoms with Crippen molar-refractivity contribution in [2.75, 3.05) is 13.2 Å². The maximum atomic E-state index is 11.5. The number of nitrogens with one attached hydrogen (secondary N) is 1. The Morgan fingerprint density at radius 2 is 1.83 bits per heavy atom. The molecule has 4 heteroatoms. The molecule has 2 aliphatic rings. The summed E-state index contributed by atoms with van der Waals surface area (Å²) in [6, 6.07) is 0. The van der Waals surface area contributed by atoms with Crippen molar-refractivity contribution < 1.29 is 14.6 Å². The molecule has 0 aromatic carbocycles. The van der Waals surface area contributed by atoms with E-state index >= 15 is 0 Å². The van der Waals surface area contributed by atoms with E-state index < -0.39 is 5.60 Å². The smallest absolute Gasteiger partial charge is 0.407 e. The molecular formula is C14H25NO3. The van der Waals surface area contributed by atoms with Gasteiger partial charge >= 0.3 is 6.09 Å². The average molecular weight is 255 g/mol. The van der Waals surface area contributed by atoms with Crippen LogP contribution in [0.15, 0.2) is 0 Å². The lowest BCUT2D eigenvalue weighted by Crippen LogP contribution is -2.51. The molecule has 18 heavy (non-hydrogen) atoms. The van der Waals surface area contributed by atoms with E-state index in [1.165, 1.54) is 25.7 Å². The molecule has 0 radical (unpaired) electrons. The van der Waals surface area contributed by atoms with Crippen molar-refractivity contribution in [3.8, 4) is 0 Å². The summed E-state index contributed by atoms with van der Waals surface area (Å²) in [5.41, 5.74) is 0.0842. The number of ether oxygens (including phenoxy) is 1. The minimum absolute atomic E-state index is 0.315. The third-order valence-corrected chi connectivity index (χ3v) is 4.08. The number of hydrogen-bond donors (Lipinski definition) is 2. The number of rotatable bonds is 3. The van der Waals surface area contributed by atoms with Gasteiger partial charge < -0.3 is 15.2 Å². The topological polar surface area (TPSA) is 58.6 Å². The van der Waals surface area contributed by atoms with Crippen LogP contribution in [0, 0.1) is 17.3 Å². The first-order chi connectivity index (χ1) is 8.32. The largest absolute Gasteiger partial charge is 0.444 e. The minimum atomic E-state index is -0.423. The summed E-state index contributed by atoms with van der Waals surface area (Å²) in [5.74, 6) is 1.13. The fourth-order valence-electron chi connectivity index (χ4n) is 3.48. The maximum Gasteiger partial charge on any atom is 0.407 e. The monoisotopic (exact) mass is 255 g/mol. The normalized spacial score (nSPS) is 34.7. The molecule has 0 unspecified atom stereocenters. The summed E-state index contributed by atoms with van der Waals surface area (Å²) >= 11 is 0. The third-order valence-electron chi connectivity index (χ3n) is 4.08. The van der Waals surface area contributed by atoms with Gasteiger partial charge in [0.05, 0.1) is 0 Å². The van der Waals surface area contributed by atoms with Crippen molar-refractivity contribution in [1.82, 2.24) is 5.32 Å². The predicted octanol–water partition coefficient (Wildman–Crippen LogP) is 2.31. The second-order valence-electron chi connectivity index (χ2n) is 7.11. The second-order valence-corrected chi connectivity index (χ2v) is 7.11. The first-order valence-electron chi connectivity index (χ1n) is 6.90. The number of alkyl carbamates (subject to hydrolysis) is 1. The molecule has 0 saturated heterocycles. The van der Waals surface area contributed by atoms with E-state index in [4.69, 9.17) is 9.84 Å². The molecule has 0 bridgehead atoms. The highest BCUT2D eigenvalue weighted by Gasteiger charge is 2.52. The van der Waals surface area contributed by atoms with Crippen molar-refractivity contribution in [2.24, 2.45) is 17.3 Å². The summed E-state index contributed by atoms with van der Waals surface area (Å²) in [6.45, 7) is 6.67. The summed E-state index contributed by atoms with van der Waals surface area (Å²) in [6.07, 6.45) is 4.42. The Bertz CT molecular complexity index is 307. The minimum Gasteiger partial charge on any atom is -0.444 e. The van der Waals surface area contributed by atoms with Crippen LogP contribution < -0.4 is 5.32 Å². The van der Waals surface area contributed by atoms with Gasteiger partial charge in [-0.25, -0.2) is 4.79 Å². The molecule has 1 amide bonds. The Hall–Kier alpha value is -0.770. The molecule has 2 fully saturated rings. The molecule has 2 aliphatic carbocycles. The molecule has 4 nitrogen and oxygen atoms in total. The fraction of sp³-hybridized carbons (Fsp3) is 0.929. The second kappa shape index (κ2) is 4.72. The molecule has 0 aromatic heterocycles. The van der Waals surface area contributed by atoms with Crippen LogP contribution in [0.3, 0.4) is 0 Å². The molecule has 2 saturated carbocycles. The van der Waals surface area contributed by atoms with E-state index in [0.29, 0.717) is 23.9 Å². The predicted molar refractivity (Wildman–Crippen MR) is 69.2 cm³/mol. The van der Waals surface area contributed by atoms with E-state index in [9.17, 15) is 4.79 Å². The quantitative estimate of drug-likeness (QED) is 0.813. The number of amides is 1. The van der Waals surface area contributed by atoms with Crippen molar-refractivity contribution in [3.05, 3.63) is 0 Å². The van der Waals surface area contributed by atoms with Gasteiger partial charge in [0, 0.05) is 13.2 Å². The Balaban J connectivity index is 1.59. The Morgan fingerprint density at radius 3 is 2.33 bits per heavy atom. The summed E-state index contributed by atoms with van der Waals surface area (Å²) in [7, 11) is 0. The van der Waals surface area contributed by atoms with Crippen LogP contribution >= 0.6 is 0 Å². The highest BCUT2D eigenvalue weighted by molar-refractivity contribution is 5.67. The van der Waals surface area contributed by atoms with Gasteiger partial charge in [0.2, 0.25) is 0 Å².